The Morgan fingerprint density at radius 3 is 2.31 bits per heavy atom. The molecule has 2 aromatic carbocycles. The van der Waals surface area contributed by atoms with Crippen LogP contribution in [-0.4, -0.2) is 55.7 Å². The minimum Gasteiger partial charge on any atom is -0.507 e. The molecule has 1 heterocycles. The molecule has 5 rings (SSSR count). The zero-order valence-corrected chi connectivity index (χ0v) is 19.7. The molecule has 36 heavy (non-hydrogen) atoms. The second-order valence-electron chi connectivity index (χ2n) is 9.14. The number of carbonyl (C=O) groups excluding carboxylic acids is 3. The smallest absolute Gasteiger partial charge is 0.201 e. The van der Waals surface area contributed by atoms with E-state index >= 15 is 0 Å². The topological polar surface area (TPSA) is 163 Å². The zero-order valence-electron chi connectivity index (χ0n) is 18.9. The van der Waals surface area contributed by atoms with E-state index in [1.165, 1.54) is 19.1 Å². The number of hydrogen-bond donors (Lipinski definition) is 5. The molecule has 3 aliphatic rings. The van der Waals surface area contributed by atoms with Crippen molar-refractivity contribution in [3.05, 3.63) is 69.7 Å². The van der Waals surface area contributed by atoms with E-state index in [0.717, 1.165) is 6.26 Å². The quantitative estimate of drug-likeness (QED) is 0.257. The lowest BCUT2D eigenvalue weighted by atomic mass is 9.72. The summed E-state index contributed by atoms with van der Waals surface area (Å²) in [5, 5.41) is 43.5. The predicted molar refractivity (Wildman–Crippen MR) is 124 cm³/mol. The van der Waals surface area contributed by atoms with Crippen molar-refractivity contribution in [1.29, 1.82) is 0 Å². The fourth-order valence-electron chi connectivity index (χ4n) is 5.03. The van der Waals surface area contributed by atoms with Gasteiger partial charge in [0, 0.05) is 41.5 Å². The number of aromatic hydroxyl groups is 2. The first-order valence-corrected chi connectivity index (χ1v) is 11.5. The van der Waals surface area contributed by atoms with Crippen LogP contribution in [0.15, 0.2) is 36.3 Å². The van der Waals surface area contributed by atoms with Crippen LogP contribution in [0.3, 0.4) is 0 Å². The van der Waals surface area contributed by atoms with Crippen LogP contribution in [0.1, 0.15) is 68.8 Å². The molecule has 2 unspecified atom stereocenters. The summed E-state index contributed by atoms with van der Waals surface area (Å²) in [5.41, 5.74) is -2.74. The molecule has 0 aromatic heterocycles. The first kappa shape index (κ1) is 24.3. The van der Waals surface area contributed by atoms with Crippen molar-refractivity contribution in [2.75, 3.05) is 0 Å². The fraction of sp³-hybridized carbons (Fsp3) is 0.320. The van der Waals surface area contributed by atoms with Gasteiger partial charge in [0.25, 0.3) is 0 Å². The molecule has 0 radical (unpaired) electrons. The molecular weight excluding hydrogens is 494 g/mol. The number of phenolic OH excluding ortho intramolecular Hbond substituents is 2. The maximum absolute atomic E-state index is 13.3. The van der Waals surface area contributed by atoms with Gasteiger partial charge in [-0.05, 0) is 18.7 Å². The Hall–Kier alpha value is -3.44. The number of fused-ring (bicyclic) bond motifs is 3. The van der Waals surface area contributed by atoms with Crippen molar-refractivity contribution in [1.82, 2.24) is 4.84 Å². The third-order valence-corrected chi connectivity index (χ3v) is 7.27. The summed E-state index contributed by atoms with van der Waals surface area (Å²) in [5.74, 6) is -3.31. The molecule has 10 nitrogen and oxygen atoms in total. The molecule has 0 saturated carbocycles. The number of carbonyl (C=O) groups is 3. The highest BCUT2D eigenvalue weighted by atomic mass is 35.5. The van der Waals surface area contributed by atoms with E-state index < -0.39 is 64.9 Å². The lowest BCUT2D eigenvalue weighted by Crippen LogP contribution is -2.46. The van der Waals surface area contributed by atoms with Crippen molar-refractivity contribution >= 4 is 29.1 Å². The standard InChI is InChI=1S/C25H22ClNO9/c1-10(28)25(34)7-13-18(16(8-25)36-17-6-14(27-26)15(29)9-35-17)24(33)20-19(23(13)32)21(30)11-4-2-3-5-12(11)22(20)31/h2-5,9,14,16-17,27,29,32-34H,6-8H2,1H3/t14?,16-,17?,25-/m0/s1. The van der Waals surface area contributed by atoms with Gasteiger partial charge in [0.1, 0.15) is 29.1 Å². The lowest BCUT2D eigenvalue weighted by molar-refractivity contribution is -0.179. The summed E-state index contributed by atoms with van der Waals surface area (Å²) < 4.78 is 11.4. The van der Waals surface area contributed by atoms with Crippen molar-refractivity contribution < 1.29 is 44.3 Å². The van der Waals surface area contributed by atoms with Crippen molar-refractivity contribution in [2.45, 2.75) is 50.2 Å². The molecule has 0 spiro atoms. The molecule has 2 aromatic rings. The van der Waals surface area contributed by atoms with Crippen LogP contribution in [0, 0.1) is 0 Å². The first-order chi connectivity index (χ1) is 17.1. The molecule has 0 amide bonds. The highest BCUT2D eigenvalue weighted by Gasteiger charge is 2.48. The summed E-state index contributed by atoms with van der Waals surface area (Å²) >= 11 is 5.66. The minimum atomic E-state index is -1.99. The number of aliphatic hydroxyl groups excluding tert-OH is 1. The number of ketones is 3. The normalized spacial score (nSPS) is 26.9. The van der Waals surface area contributed by atoms with Gasteiger partial charge >= 0.3 is 0 Å². The first-order valence-electron chi connectivity index (χ1n) is 11.2. The molecule has 0 saturated heterocycles. The largest absolute Gasteiger partial charge is 0.507 e. The average Bonchev–Trinajstić information content (AvgIpc) is 2.85. The fourth-order valence-corrected chi connectivity index (χ4v) is 5.24. The molecule has 2 aliphatic carbocycles. The second kappa shape index (κ2) is 8.59. The Morgan fingerprint density at radius 1 is 1.11 bits per heavy atom. The van der Waals surface area contributed by atoms with Crippen molar-refractivity contribution in [2.24, 2.45) is 0 Å². The Kier molecular flexibility index (Phi) is 5.79. The van der Waals surface area contributed by atoms with Gasteiger partial charge in [-0.3, -0.25) is 14.4 Å². The van der Waals surface area contributed by atoms with E-state index in [0.29, 0.717) is 0 Å². The number of halogens is 1. The van der Waals surface area contributed by atoms with E-state index in [-0.39, 0.29) is 46.4 Å². The molecule has 0 fully saturated rings. The van der Waals surface area contributed by atoms with E-state index in [1.807, 2.05) is 0 Å². The lowest BCUT2D eigenvalue weighted by Gasteiger charge is -2.40. The number of Topliss-reactive ketones (excluding diaryl/α,β-unsaturated/α-hetero) is 1. The number of nitrogens with one attached hydrogen (secondary N) is 1. The van der Waals surface area contributed by atoms with Gasteiger partial charge < -0.3 is 29.9 Å². The number of rotatable bonds is 4. The summed E-state index contributed by atoms with van der Waals surface area (Å²) in [6.07, 6.45) is -1.95. The summed E-state index contributed by atoms with van der Waals surface area (Å²) in [6.45, 7) is 1.17. The molecule has 0 bridgehead atoms. The second-order valence-corrected chi connectivity index (χ2v) is 9.36. The van der Waals surface area contributed by atoms with E-state index in [9.17, 15) is 34.8 Å². The highest BCUT2D eigenvalue weighted by Crippen LogP contribution is 2.51. The van der Waals surface area contributed by atoms with Gasteiger partial charge in [-0.2, -0.15) is 0 Å². The molecule has 188 valence electrons. The van der Waals surface area contributed by atoms with Crippen molar-refractivity contribution in [3.8, 4) is 11.5 Å². The number of phenols is 2. The maximum atomic E-state index is 13.3. The number of aliphatic hydroxyl groups is 2. The van der Waals surface area contributed by atoms with E-state index in [2.05, 4.69) is 4.84 Å². The van der Waals surface area contributed by atoms with Gasteiger partial charge in [-0.1, -0.05) is 24.3 Å². The Morgan fingerprint density at radius 2 is 1.72 bits per heavy atom. The average molecular weight is 516 g/mol. The number of benzene rings is 2. The molecule has 1 aliphatic heterocycles. The number of hydrogen-bond acceptors (Lipinski definition) is 10. The monoisotopic (exact) mass is 515 g/mol. The molecular formula is C25H22ClNO9. The maximum Gasteiger partial charge on any atom is 0.201 e. The Balaban J connectivity index is 1.67. The summed E-state index contributed by atoms with van der Waals surface area (Å²) in [6, 6.07) is 5.32. The van der Waals surface area contributed by atoms with Gasteiger partial charge in [-0.25, -0.2) is 4.84 Å². The summed E-state index contributed by atoms with van der Waals surface area (Å²) in [4.78, 5) is 41.3. The summed E-state index contributed by atoms with van der Waals surface area (Å²) in [7, 11) is 0. The van der Waals surface area contributed by atoms with Gasteiger partial charge in [0.2, 0.25) is 6.29 Å². The van der Waals surface area contributed by atoms with Crippen LogP contribution in [-0.2, 0) is 20.7 Å². The van der Waals surface area contributed by atoms with Crippen LogP contribution in [0.5, 0.6) is 11.5 Å². The van der Waals surface area contributed by atoms with E-state index in [4.69, 9.17) is 21.3 Å². The van der Waals surface area contributed by atoms with E-state index in [1.54, 1.807) is 12.1 Å². The molecule has 4 atom stereocenters. The van der Waals surface area contributed by atoms with Crippen LogP contribution in [0.2, 0.25) is 0 Å². The Bertz CT molecular complexity index is 1350. The minimum absolute atomic E-state index is 0.0264. The molecule has 5 N–H and O–H groups in total. The van der Waals surface area contributed by atoms with Gasteiger partial charge in [0.15, 0.2) is 17.3 Å². The predicted octanol–water partition coefficient (Wildman–Crippen LogP) is 2.46. The SMILES string of the molecule is CC(=O)[C@]1(O)Cc2c(O)c3c(c(O)c2[C@@H](OC2CC(NCl)C(O)=CO2)C1)C(=O)c1ccccc1C3=O. The van der Waals surface area contributed by atoms with Gasteiger partial charge in [0.05, 0.1) is 23.3 Å². The molecule has 11 heteroatoms. The van der Waals surface area contributed by atoms with Gasteiger partial charge in [-0.15, -0.1) is 0 Å². The third-order valence-electron chi connectivity index (χ3n) is 7.00. The van der Waals surface area contributed by atoms with Crippen molar-refractivity contribution in [3.63, 3.8) is 0 Å². The van der Waals surface area contributed by atoms with Crippen LogP contribution in [0.25, 0.3) is 0 Å². The van der Waals surface area contributed by atoms with Crippen LogP contribution >= 0.6 is 11.8 Å². The Labute approximate surface area is 209 Å². The zero-order chi connectivity index (χ0) is 25.9. The van der Waals surface area contributed by atoms with Crippen LogP contribution in [0.4, 0.5) is 0 Å². The van der Waals surface area contributed by atoms with Crippen LogP contribution < -0.4 is 4.84 Å². The third kappa shape index (κ3) is 3.56. The number of ether oxygens (including phenoxy) is 2. The highest BCUT2D eigenvalue weighted by molar-refractivity contribution is 6.30.